The van der Waals surface area contributed by atoms with Crippen LogP contribution >= 0.6 is 0 Å². The van der Waals surface area contributed by atoms with Crippen LogP contribution in [0.25, 0.3) is 32.3 Å². The second kappa shape index (κ2) is 4.25. The van der Waals surface area contributed by atoms with E-state index < -0.39 is 0 Å². The summed E-state index contributed by atoms with van der Waals surface area (Å²) in [5, 5.41) is 14.2. The maximum Gasteiger partial charge on any atom is 0.0625 e. The average molecular weight is 282 g/mol. The van der Waals surface area contributed by atoms with Gasteiger partial charge in [0.15, 0.2) is 0 Å². The molecule has 5 rings (SSSR count). The Labute approximate surface area is 128 Å². The molecule has 2 nitrogen and oxygen atoms in total. The van der Waals surface area contributed by atoms with Crippen LogP contribution in [0.4, 0.5) is 11.4 Å². The number of rotatable bonds is 0. The summed E-state index contributed by atoms with van der Waals surface area (Å²) < 4.78 is 0. The van der Waals surface area contributed by atoms with E-state index in [0.717, 1.165) is 11.4 Å². The third-order valence-electron chi connectivity index (χ3n) is 4.36. The van der Waals surface area contributed by atoms with E-state index >= 15 is 0 Å². The molecule has 0 aliphatic carbocycles. The molecule has 2 heteroatoms. The van der Waals surface area contributed by atoms with E-state index in [-0.39, 0.29) is 0 Å². The van der Waals surface area contributed by atoms with Gasteiger partial charge >= 0.3 is 0 Å². The summed E-state index contributed by atoms with van der Waals surface area (Å²) in [5.74, 6) is 0. The van der Waals surface area contributed by atoms with Crippen molar-refractivity contribution in [2.75, 3.05) is 10.6 Å². The van der Waals surface area contributed by atoms with Gasteiger partial charge in [-0.3, -0.25) is 0 Å². The van der Waals surface area contributed by atoms with E-state index in [0.29, 0.717) is 0 Å². The van der Waals surface area contributed by atoms with Crippen molar-refractivity contribution < 1.29 is 0 Å². The summed E-state index contributed by atoms with van der Waals surface area (Å²) in [6.45, 7) is 0. The van der Waals surface area contributed by atoms with Crippen molar-refractivity contribution >= 4 is 43.7 Å². The normalized spacial score (nSPS) is 13.1. The molecule has 0 atom stereocenters. The van der Waals surface area contributed by atoms with Crippen LogP contribution in [-0.4, -0.2) is 0 Å². The van der Waals surface area contributed by atoms with E-state index in [4.69, 9.17) is 0 Å². The molecule has 0 saturated heterocycles. The Morgan fingerprint density at radius 3 is 1.36 bits per heavy atom. The highest BCUT2D eigenvalue weighted by Crippen LogP contribution is 2.33. The van der Waals surface area contributed by atoms with Crippen molar-refractivity contribution in [2.24, 2.45) is 0 Å². The predicted octanol–water partition coefficient (Wildman–Crippen LogP) is 5.45. The summed E-state index contributed by atoms with van der Waals surface area (Å²) >= 11 is 0. The summed E-state index contributed by atoms with van der Waals surface area (Å²) in [7, 11) is 0. The molecule has 104 valence electrons. The van der Waals surface area contributed by atoms with Crippen LogP contribution in [0.2, 0.25) is 0 Å². The Hall–Kier alpha value is -3.00. The van der Waals surface area contributed by atoms with Gasteiger partial charge in [0.1, 0.15) is 0 Å². The number of fused-ring (bicyclic) bond motifs is 4. The van der Waals surface area contributed by atoms with Crippen molar-refractivity contribution in [1.82, 2.24) is 0 Å². The Balaban J connectivity index is 1.85. The number of hydrogen-bond acceptors (Lipinski definition) is 2. The molecule has 4 aromatic rings. The van der Waals surface area contributed by atoms with Crippen LogP contribution in [0.15, 0.2) is 73.1 Å². The molecular formula is C20H14N2. The first kappa shape index (κ1) is 11.6. The smallest absolute Gasteiger partial charge is 0.0625 e. The van der Waals surface area contributed by atoms with Crippen LogP contribution in [0.5, 0.6) is 0 Å². The highest BCUT2D eigenvalue weighted by Gasteiger charge is 2.07. The molecule has 0 radical (unpaired) electrons. The minimum Gasteiger partial charge on any atom is -0.359 e. The lowest BCUT2D eigenvalue weighted by atomic mass is 9.99. The van der Waals surface area contributed by atoms with Crippen molar-refractivity contribution in [3.8, 4) is 0 Å². The van der Waals surface area contributed by atoms with Gasteiger partial charge in [0.25, 0.3) is 0 Å². The SMILES string of the molecule is C1=CNc2cc3cc4cc5ccccc5cc4cc3cc2N1. The Kier molecular flexibility index (Phi) is 2.25. The van der Waals surface area contributed by atoms with Gasteiger partial charge in [-0.25, -0.2) is 0 Å². The zero-order valence-corrected chi connectivity index (χ0v) is 11.9. The largest absolute Gasteiger partial charge is 0.359 e. The van der Waals surface area contributed by atoms with E-state index in [1.54, 1.807) is 0 Å². The highest BCUT2D eigenvalue weighted by atomic mass is 15.0. The maximum absolute atomic E-state index is 3.29. The summed E-state index contributed by atoms with van der Waals surface area (Å²) in [4.78, 5) is 0. The van der Waals surface area contributed by atoms with Gasteiger partial charge in [-0.1, -0.05) is 24.3 Å². The first-order valence-corrected chi connectivity index (χ1v) is 7.45. The fraction of sp³-hybridized carbons (Fsp3) is 0. The maximum atomic E-state index is 3.29. The third kappa shape index (κ3) is 1.67. The molecule has 0 aromatic heterocycles. The number of benzene rings is 4. The molecule has 0 bridgehead atoms. The van der Waals surface area contributed by atoms with Crippen LogP contribution in [-0.2, 0) is 0 Å². The molecule has 22 heavy (non-hydrogen) atoms. The summed E-state index contributed by atoms with van der Waals surface area (Å²) in [6.07, 6.45) is 3.84. The minimum absolute atomic E-state index is 1.12. The molecule has 2 N–H and O–H groups in total. The second-order valence-corrected chi connectivity index (χ2v) is 5.77. The lowest BCUT2D eigenvalue weighted by Crippen LogP contribution is -2.01. The predicted molar refractivity (Wildman–Crippen MR) is 95.3 cm³/mol. The lowest BCUT2D eigenvalue weighted by Gasteiger charge is -2.16. The molecule has 1 heterocycles. The van der Waals surface area contributed by atoms with Crippen molar-refractivity contribution in [3.05, 3.63) is 73.1 Å². The van der Waals surface area contributed by atoms with E-state index in [1.165, 1.54) is 32.3 Å². The topological polar surface area (TPSA) is 24.1 Å². The van der Waals surface area contributed by atoms with Gasteiger partial charge in [-0.2, -0.15) is 0 Å². The Bertz CT molecular complexity index is 992. The van der Waals surface area contributed by atoms with Gasteiger partial charge in [-0.15, -0.1) is 0 Å². The lowest BCUT2D eigenvalue weighted by molar-refractivity contribution is 1.48. The van der Waals surface area contributed by atoms with E-state index in [2.05, 4.69) is 71.3 Å². The Morgan fingerprint density at radius 2 is 0.864 bits per heavy atom. The quantitative estimate of drug-likeness (QED) is 0.419. The molecule has 0 spiro atoms. The summed E-state index contributed by atoms with van der Waals surface area (Å²) in [6, 6.07) is 22.0. The second-order valence-electron chi connectivity index (χ2n) is 5.77. The number of nitrogens with one attached hydrogen (secondary N) is 2. The molecule has 1 aliphatic rings. The van der Waals surface area contributed by atoms with Crippen molar-refractivity contribution in [3.63, 3.8) is 0 Å². The standard InChI is InChI=1S/C20H14N2/c1-2-4-14-8-16-10-18-12-20-19(21-5-6-22-20)11-17(18)9-15(16)7-13(14)3-1/h1-12,21-22H. The molecule has 1 aliphatic heterocycles. The molecule has 0 unspecified atom stereocenters. The van der Waals surface area contributed by atoms with Crippen LogP contribution in [0.1, 0.15) is 0 Å². The molecular weight excluding hydrogens is 268 g/mol. The highest BCUT2D eigenvalue weighted by molar-refractivity contribution is 6.06. The van der Waals surface area contributed by atoms with Gasteiger partial charge in [0.2, 0.25) is 0 Å². The van der Waals surface area contributed by atoms with Crippen molar-refractivity contribution in [1.29, 1.82) is 0 Å². The van der Waals surface area contributed by atoms with Crippen LogP contribution in [0, 0.1) is 0 Å². The van der Waals surface area contributed by atoms with Gasteiger partial charge in [0, 0.05) is 12.4 Å². The van der Waals surface area contributed by atoms with Gasteiger partial charge in [-0.05, 0) is 68.7 Å². The van der Waals surface area contributed by atoms with Crippen LogP contribution < -0.4 is 10.6 Å². The van der Waals surface area contributed by atoms with E-state index in [9.17, 15) is 0 Å². The summed E-state index contributed by atoms with van der Waals surface area (Å²) in [5.41, 5.74) is 2.24. The molecule has 0 saturated carbocycles. The average Bonchev–Trinajstić information content (AvgIpc) is 2.56. The third-order valence-corrected chi connectivity index (χ3v) is 4.36. The minimum atomic E-state index is 1.12. The van der Waals surface area contributed by atoms with Gasteiger partial charge < -0.3 is 10.6 Å². The van der Waals surface area contributed by atoms with Gasteiger partial charge in [0.05, 0.1) is 11.4 Å². The molecule has 0 amide bonds. The first-order valence-electron chi connectivity index (χ1n) is 7.45. The number of hydrogen-bond donors (Lipinski definition) is 2. The number of anilines is 2. The Morgan fingerprint density at radius 1 is 0.455 bits per heavy atom. The van der Waals surface area contributed by atoms with Crippen LogP contribution in [0.3, 0.4) is 0 Å². The monoisotopic (exact) mass is 282 g/mol. The van der Waals surface area contributed by atoms with E-state index in [1.807, 2.05) is 12.4 Å². The van der Waals surface area contributed by atoms with Crippen molar-refractivity contribution in [2.45, 2.75) is 0 Å². The molecule has 0 fully saturated rings. The zero-order valence-electron chi connectivity index (χ0n) is 11.9. The first-order chi connectivity index (χ1) is 10.9. The zero-order chi connectivity index (χ0) is 14.5. The fourth-order valence-corrected chi connectivity index (χ4v) is 3.25. The molecule has 4 aromatic carbocycles. The fourth-order valence-electron chi connectivity index (χ4n) is 3.25.